The molecule has 0 bridgehead atoms. The number of amides is 3. The molecule has 3 amide bonds. The van der Waals surface area contributed by atoms with Gasteiger partial charge in [-0.05, 0) is 23.6 Å². The van der Waals surface area contributed by atoms with Crippen LogP contribution in [-0.2, 0) is 27.5 Å². The van der Waals surface area contributed by atoms with Crippen LogP contribution < -0.4 is 5.32 Å². The summed E-state index contributed by atoms with van der Waals surface area (Å²) in [6.07, 6.45) is 3.44. The van der Waals surface area contributed by atoms with Crippen molar-refractivity contribution in [2.24, 2.45) is 0 Å². The first-order valence-corrected chi connectivity index (χ1v) is 10.5. The number of carbonyl (C=O) groups is 4. The normalized spacial score (nSPS) is 22.8. The number of rotatable bonds is 6. The van der Waals surface area contributed by atoms with E-state index >= 15 is 0 Å². The molecule has 0 aliphatic carbocycles. The van der Waals surface area contributed by atoms with E-state index in [1.54, 1.807) is 17.0 Å². The minimum Gasteiger partial charge on any atom is -0.478 e. The molecule has 9 nitrogen and oxygen atoms in total. The van der Waals surface area contributed by atoms with E-state index in [1.165, 1.54) is 6.08 Å². The summed E-state index contributed by atoms with van der Waals surface area (Å²) in [7, 11) is 0. The highest BCUT2D eigenvalue weighted by Gasteiger charge is 2.39. The number of aliphatic carboxylic acids is 1. The Kier molecular flexibility index (Phi) is 6.15. The van der Waals surface area contributed by atoms with Crippen LogP contribution in [0.5, 0.6) is 0 Å². The van der Waals surface area contributed by atoms with Crippen LogP contribution in [-0.4, -0.2) is 82.3 Å². The van der Waals surface area contributed by atoms with Crippen molar-refractivity contribution in [3.8, 4) is 0 Å². The number of benzene rings is 1. The van der Waals surface area contributed by atoms with Gasteiger partial charge in [0.1, 0.15) is 6.04 Å². The lowest BCUT2D eigenvalue weighted by molar-refractivity contribution is -0.137. The number of carbonyl (C=O) groups excluding carboxylic acids is 3. The summed E-state index contributed by atoms with van der Waals surface area (Å²) in [6, 6.07) is 5.11. The zero-order valence-corrected chi connectivity index (χ0v) is 17.2. The first-order chi connectivity index (χ1) is 14.9. The van der Waals surface area contributed by atoms with Crippen molar-refractivity contribution in [3.63, 3.8) is 0 Å². The fraction of sp³-hybridized carbons (Fsp3) is 0.455. The minimum atomic E-state index is -0.933. The zero-order valence-electron chi connectivity index (χ0n) is 17.2. The Morgan fingerprint density at radius 1 is 1.13 bits per heavy atom. The largest absolute Gasteiger partial charge is 0.478 e. The number of hydrogen-bond acceptors (Lipinski definition) is 6. The maximum atomic E-state index is 13.0. The van der Waals surface area contributed by atoms with Crippen LogP contribution in [0.1, 0.15) is 34.3 Å². The second-order valence-corrected chi connectivity index (χ2v) is 8.16. The standard InChI is InChI=1S/C22H26N4O5/c27-19-7-6-18(21(30)23-19)26-14-17-15(3-1-4-16(17)22(26)31)13-25-11-9-24(10-12-25)8-2-5-20(28)29/h1-5,18H,6-14H2,(H,28,29)(H,23,27,30)/b5-2+. The molecule has 0 aromatic heterocycles. The van der Waals surface area contributed by atoms with Crippen molar-refractivity contribution in [2.75, 3.05) is 32.7 Å². The van der Waals surface area contributed by atoms with E-state index in [4.69, 9.17) is 5.11 Å². The Morgan fingerprint density at radius 3 is 2.58 bits per heavy atom. The highest BCUT2D eigenvalue weighted by molar-refractivity contribution is 6.05. The maximum absolute atomic E-state index is 13.0. The van der Waals surface area contributed by atoms with E-state index in [1.807, 2.05) is 12.1 Å². The lowest BCUT2D eigenvalue weighted by Gasteiger charge is -2.34. The number of carboxylic acids is 1. The molecule has 1 atom stereocenters. The molecule has 0 radical (unpaired) electrons. The smallest absolute Gasteiger partial charge is 0.328 e. The first kappa shape index (κ1) is 21.2. The van der Waals surface area contributed by atoms with Gasteiger partial charge in [-0.3, -0.25) is 29.5 Å². The number of imide groups is 1. The van der Waals surface area contributed by atoms with Gasteiger partial charge < -0.3 is 10.0 Å². The Morgan fingerprint density at radius 2 is 1.87 bits per heavy atom. The van der Waals surface area contributed by atoms with Crippen molar-refractivity contribution in [2.45, 2.75) is 32.0 Å². The quantitative estimate of drug-likeness (QED) is 0.494. The Labute approximate surface area is 180 Å². The summed E-state index contributed by atoms with van der Waals surface area (Å²) < 4.78 is 0. The predicted molar refractivity (Wildman–Crippen MR) is 111 cm³/mol. The van der Waals surface area contributed by atoms with Gasteiger partial charge in [0.15, 0.2) is 0 Å². The van der Waals surface area contributed by atoms with Crippen molar-refractivity contribution < 1.29 is 24.3 Å². The Hall–Kier alpha value is -3.04. The van der Waals surface area contributed by atoms with Crippen molar-refractivity contribution in [3.05, 3.63) is 47.0 Å². The summed E-state index contributed by atoms with van der Waals surface area (Å²) in [5.74, 6) is -1.77. The third-order valence-corrected chi connectivity index (χ3v) is 6.16. The molecule has 3 aliphatic rings. The van der Waals surface area contributed by atoms with Gasteiger partial charge in [0, 0.05) is 63.9 Å². The van der Waals surface area contributed by atoms with Gasteiger partial charge >= 0.3 is 5.97 Å². The number of nitrogens with one attached hydrogen (secondary N) is 1. The molecule has 2 saturated heterocycles. The second kappa shape index (κ2) is 8.99. The monoisotopic (exact) mass is 426 g/mol. The fourth-order valence-corrected chi connectivity index (χ4v) is 4.47. The molecule has 4 rings (SSSR count). The molecule has 3 aliphatic heterocycles. The Bertz CT molecular complexity index is 936. The Balaban J connectivity index is 1.39. The number of fused-ring (bicyclic) bond motifs is 1. The van der Waals surface area contributed by atoms with Crippen molar-refractivity contribution >= 4 is 23.7 Å². The van der Waals surface area contributed by atoms with Gasteiger partial charge in [0.25, 0.3) is 5.91 Å². The minimum absolute atomic E-state index is 0.151. The zero-order chi connectivity index (χ0) is 22.0. The number of piperidine rings is 1. The third-order valence-electron chi connectivity index (χ3n) is 6.16. The summed E-state index contributed by atoms with van der Waals surface area (Å²) in [4.78, 5) is 53.4. The van der Waals surface area contributed by atoms with Gasteiger partial charge in [0.05, 0.1) is 0 Å². The van der Waals surface area contributed by atoms with E-state index in [2.05, 4.69) is 15.1 Å². The van der Waals surface area contributed by atoms with Gasteiger partial charge in [-0.1, -0.05) is 18.2 Å². The molecule has 2 N–H and O–H groups in total. The van der Waals surface area contributed by atoms with E-state index in [9.17, 15) is 19.2 Å². The van der Waals surface area contributed by atoms with Crippen LogP contribution in [0.15, 0.2) is 30.4 Å². The molecule has 2 fully saturated rings. The number of carboxylic acid groups (broad SMARTS) is 1. The molecule has 164 valence electrons. The van der Waals surface area contributed by atoms with Crippen LogP contribution >= 0.6 is 0 Å². The first-order valence-electron chi connectivity index (χ1n) is 10.5. The third kappa shape index (κ3) is 4.67. The van der Waals surface area contributed by atoms with E-state index in [-0.39, 0.29) is 18.2 Å². The SMILES string of the molecule is O=C(O)/C=C/CN1CCN(Cc2cccc3c2CN(C2CCC(=O)NC2=O)C3=O)CC1. The van der Waals surface area contributed by atoms with Gasteiger partial charge in [-0.2, -0.15) is 0 Å². The molecular weight excluding hydrogens is 400 g/mol. The fourth-order valence-electron chi connectivity index (χ4n) is 4.47. The summed E-state index contributed by atoms with van der Waals surface area (Å²) in [6.45, 7) is 5.14. The predicted octanol–water partition coefficient (Wildman–Crippen LogP) is 0.206. The van der Waals surface area contributed by atoms with Crippen LogP contribution in [0.4, 0.5) is 0 Å². The average molecular weight is 426 g/mol. The van der Waals surface area contributed by atoms with Gasteiger partial charge in [-0.25, -0.2) is 4.79 Å². The molecule has 1 aromatic carbocycles. The average Bonchev–Trinajstić information content (AvgIpc) is 3.07. The number of piperazine rings is 1. The molecular formula is C22H26N4O5. The van der Waals surface area contributed by atoms with Gasteiger partial charge in [0.2, 0.25) is 11.8 Å². The lowest BCUT2D eigenvalue weighted by atomic mass is 10.0. The van der Waals surface area contributed by atoms with E-state index in [0.717, 1.165) is 43.9 Å². The lowest BCUT2D eigenvalue weighted by Crippen LogP contribution is -2.52. The maximum Gasteiger partial charge on any atom is 0.328 e. The molecule has 9 heteroatoms. The molecule has 1 unspecified atom stereocenters. The molecule has 1 aromatic rings. The van der Waals surface area contributed by atoms with Gasteiger partial charge in [-0.15, -0.1) is 0 Å². The highest BCUT2D eigenvalue weighted by Crippen LogP contribution is 2.30. The van der Waals surface area contributed by atoms with E-state index < -0.39 is 17.9 Å². The summed E-state index contributed by atoms with van der Waals surface area (Å²) in [5.41, 5.74) is 2.68. The van der Waals surface area contributed by atoms with Crippen LogP contribution in [0, 0.1) is 0 Å². The van der Waals surface area contributed by atoms with Crippen LogP contribution in [0.3, 0.4) is 0 Å². The number of hydrogen-bond donors (Lipinski definition) is 2. The molecule has 0 spiro atoms. The van der Waals surface area contributed by atoms with Crippen LogP contribution in [0.25, 0.3) is 0 Å². The second-order valence-electron chi connectivity index (χ2n) is 8.16. The van der Waals surface area contributed by atoms with Crippen molar-refractivity contribution in [1.82, 2.24) is 20.0 Å². The molecule has 0 saturated carbocycles. The highest BCUT2D eigenvalue weighted by atomic mass is 16.4. The van der Waals surface area contributed by atoms with Crippen molar-refractivity contribution in [1.29, 1.82) is 0 Å². The molecule has 3 heterocycles. The summed E-state index contributed by atoms with van der Waals surface area (Å²) >= 11 is 0. The topological polar surface area (TPSA) is 110 Å². The number of nitrogens with zero attached hydrogens (tertiary/aromatic N) is 3. The van der Waals surface area contributed by atoms with Crippen LogP contribution in [0.2, 0.25) is 0 Å². The molecule has 31 heavy (non-hydrogen) atoms. The van der Waals surface area contributed by atoms with E-state index in [0.29, 0.717) is 25.1 Å². The summed E-state index contributed by atoms with van der Waals surface area (Å²) in [5, 5.41) is 11.0.